The number of hydrogen-bond donors (Lipinski definition) is 0. The molecular weight excluding hydrogens is 318 g/mol. The summed E-state index contributed by atoms with van der Waals surface area (Å²) in [5, 5.41) is 0. The van der Waals surface area contributed by atoms with Crippen molar-refractivity contribution in [3.8, 4) is 11.5 Å². The number of methoxy groups -OCH3 is 2. The van der Waals surface area contributed by atoms with E-state index in [0.717, 1.165) is 30.9 Å². The van der Waals surface area contributed by atoms with Crippen molar-refractivity contribution in [2.24, 2.45) is 5.92 Å². The van der Waals surface area contributed by atoms with Crippen LogP contribution in [-0.2, 0) is 21.4 Å². The molecule has 2 unspecified atom stereocenters. The fourth-order valence-electron chi connectivity index (χ4n) is 6.58. The van der Waals surface area contributed by atoms with Gasteiger partial charge in [0.05, 0.1) is 12.5 Å². The Balaban J connectivity index is 1.88. The second-order valence-electron chi connectivity index (χ2n) is 8.12. The van der Waals surface area contributed by atoms with Gasteiger partial charge in [-0.25, -0.2) is 0 Å². The highest BCUT2D eigenvalue weighted by Gasteiger charge is 2.75. The Labute approximate surface area is 148 Å². The Kier molecular flexibility index (Phi) is 2.99. The predicted octanol–water partition coefficient (Wildman–Crippen LogP) is 1.95. The summed E-state index contributed by atoms with van der Waals surface area (Å²) in [5.74, 6) is 1.86. The molecule has 0 aromatic heterocycles. The lowest BCUT2D eigenvalue weighted by Gasteiger charge is -2.65. The third-order valence-electron chi connectivity index (χ3n) is 7.42. The molecule has 4 aliphatic rings. The molecule has 2 heterocycles. The number of likely N-dealkylation sites (tertiary alicyclic amines) is 1. The number of ether oxygens (including phenoxy) is 3. The van der Waals surface area contributed by atoms with Crippen LogP contribution in [0.2, 0.25) is 0 Å². The zero-order valence-electron chi connectivity index (χ0n) is 15.3. The van der Waals surface area contributed by atoms with Crippen LogP contribution in [0.15, 0.2) is 12.1 Å². The summed E-state index contributed by atoms with van der Waals surface area (Å²) >= 11 is 0. The summed E-state index contributed by atoms with van der Waals surface area (Å²) in [6, 6.07) is 4.39. The van der Waals surface area contributed by atoms with Crippen LogP contribution >= 0.6 is 0 Å². The molecule has 5 rings (SSSR count). The molecule has 2 bridgehead atoms. The molecule has 5 heteroatoms. The van der Waals surface area contributed by atoms with E-state index in [2.05, 4.69) is 24.9 Å². The van der Waals surface area contributed by atoms with E-state index < -0.39 is 17.1 Å². The first kappa shape index (κ1) is 15.6. The van der Waals surface area contributed by atoms with Gasteiger partial charge in [-0.05, 0) is 44.0 Å². The number of carbonyl (C=O) groups is 1. The highest BCUT2D eigenvalue weighted by Crippen LogP contribution is 2.66. The fraction of sp³-hybridized carbons (Fsp3) is 0.650. The number of ketones is 1. The summed E-state index contributed by atoms with van der Waals surface area (Å²) in [7, 11) is 5.66. The standard InChI is InChI=1S/C20H25NO4/c1-11-9-13(22)18-19-7-8-21(2)15(20(11,19)24-4)10-12-5-6-14(23-3)17(25-18)16(12)19/h5-6,11,15,18H,7-10H2,1-4H3/t11-,15-,18?,19+,20?/m1/s1. The summed E-state index contributed by atoms with van der Waals surface area (Å²) in [5.41, 5.74) is 1.67. The maximum atomic E-state index is 13.0. The minimum absolute atomic E-state index is 0.155. The lowest BCUT2D eigenvalue weighted by Crippen LogP contribution is -2.79. The summed E-state index contributed by atoms with van der Waals surface area (Å²) in [4.78, 5) is 15.5. The Hall–Kier alpha value is -1.59. The van der Waals surface area contributed by atoms with Gasteiger partial charge in [-0.15, -0.1) is 0 Å². The van der Waals surface area contributed by atoms with Crippen LogP contribution in [-0.4, -0.2) is 56.2 Å². The zero-order valence-corrected chi connectivity index (χ0v) is 15.3. The average Bonchev–Trinajstić information content (AvgIpc) is 2.96. The van der Waals surface area contributed by atoms with E-state index in [1.54, 1.807) is 7.11 Å². The molecule has 25 heavy (non-hydrogen) atoms. The number of hydrogen-bond acceptors (Lipinski definition) is 5. The second-order valence-corrected chi connectivity index (χ2v) is 8.12. The van der Waals surface area contributed by atoms with Crippen molar-refractivity contribution in [1.29, 1.82) is 0 Å². The van der Waals surface area contributed by atoms with Crippen molar-refractivity contribution in [3.63, 3.8) is 0 Å². The molecule has 1 saturated heterocycles. The van der Waals surface area contributed by atoms with Gasteiger partial charge in [-0.2, -0.15) is 0 Å². The van der Waals surface area contributed by atoms with Crippen molar-refractivity contribution in [2.75, 3.05) is 27.8 Å². The quantitative estimate of drug-likeness (QED) is 0.821. The fourth-order valence-corrected chi connectivity index (χ4v) is 6.58. The molecule has 2 aliphatic heterocycles. The van der Waals surface area contributed by atoms with Crippen molar-refractivity contribution < 1.29 is 19.0 Å². The van der Waals surface area contributed by atoms with Gasteiger partial charge >= 0.3 is 0 Å². The molecule has 2 aliphatic carbocycles. The summed E-state index contributed by atoms with van der Waals surface area (Å²) in [6.07, 6.45) is 1.86. The molecule has 1 aromatic carbocycles. The van der Waals surface area contributed by atoms with Crippen molar-refractivity contribution in [2.45, 2.75) is 49.3 Å². The van der Waals surface area contributed by atoms with Gasteiger partial charge in [-0.3, -0.25) is 4.79 Å². The topological polar surface area (TPSA) is 48.0 Å². The number of nitrogens with zero attached hydrogens (tertiary/aromatic N) is 1. The van der Waals surface area contributed by atoms with E-state index in [-0.39, 0.29) is 17.7 Å². The Bertz CT molecular complexity index is 777. The van der Waals surface area contributed by atoms with Gasteiger partial charge in [-0.1, -0.05) is 13.0 Å². The van der Waals surface area contributed by atoms with Gasteiger partial charge in [0.1, 0.15) is 5.60 Å². The second kappa shape index (κ2) is 4.77. The van der Waals surface area contributed by atoms with Gasteiger partial charge < -0.3 is 19.1 Å². The Morgan fingerprint density at radius 1 is 1.28 bits per heavy atom. The van der Waals surface area contributed by atoms with Gasteiger partial charge in [0, 0.05) is 25.1 Å². The van der Waals surface area contributed by atoms with Gasteiger partial charge in [0.2, 0.25) is 0 Å². The molecule has 0 N–H and O–H groups in total. The first-order valence-corrected chi connectivity index (χ1v) is 9.16. The number of Topliss-reactive ketones (excluding diaryl/α,β-unsaturated/α-hetero) is 1. The average molecular weight is 343 g/mol. The van der Waals surface area contributed by atoms with Crippen LogP contribution in [0, 0.1) is 5.92 Å². The maximum absolute atomic E-state index is 13.0. The lowest BCUT2D eigenvalue weighted by atomic mass is 9.46. The van der Waals surface area contributed by atoms with E-state index in [1.807, 2.05) is 13.2 Å². The summed E-state index contributed by atoms with van der Waals surface area (Å²) < 4.78 is 18.3. The van der Waals surface area contributed by atoms with Crippen LogP contribution in [0.5, 0.6) is 11.5 Å². The van der Waals surface area contributed by atoms with Crippen LogP contribution in [0.1, 0.15) is 30.9 Å². The van der Waals surface area contributed by atoms with E-state index in [1.165, 1.54) is 11.1 Å². The minimum atomic E-state index is -0.454. The van der Waals surface area contributed by atoms with Crippen LogP contribution in [0.4, 0.5) is 0 Å². The third kappa shape index (κ3) is 1.48. The SMILES string of the molecule is COc1ccc2c3c1OC1C(=O)C[C@@H](C)C4(OC)[C@@H](C2)N(C)CC[C@]314. The first-order chi connectivity index (χ1) is 12.0. The Morgan fingerprint density at radius 3 is 2.80 bits per heavy atom. The number of rotatable bonds is 2. The van der Waals surface area contributed by atoms with Crippen molar-refractivity contribution >= 4 is 5.78 Å². The minimum Gasteiger partial charge on any atom is -0.493 e. The normalized spacial score (nSPS) is 41.3. The van der Waals surface area contributed by atoms with E-state index in [4.69, 9.17) is 14.2 Å². The van der Waals surface area contributed by atoms with E-state index in [9.17, 15) is 4.79 Å². The van der Waals surface area contributed by atoms with Crippen LogP contribution in [0.25, 0.3) is 0 Å². The number of likely N-dealkylation sites (N-methyl/N-ethyl adjacent to an activating group) is 1. The molecule has 5 nitrogen and oxygen atoms in total. The van der Waals surface area contributed by atoms with Gasteiger partial charge in [0.15, 0.2) is 23.4 Å². The zero-order chi connectivity index (χ0) is 17.6. The highest BCUT2D eigenvalue weighted by molar-refractivity contribution is 5.90. The third-order valence-corrected chi connectivity index (χ3v) is 7.42. The molecule has 1 aromatic rings. The van der Waals surface area contributed by atoms with E-state index >= 15 is 0 Å². The van der Waals surface area contributed by atoms with Crippen molar-refractivity contribution in [3.05, 3.63) is 23.3 Å². The largest absolute Gasteiger partial charge is 0.493 e. The molecule has 5 atom stereocenters. The molecule has 0 radical (unpaired) electrons. The molecule has 134 valence electrons. The Morgan fingerprint density at radius 2 is 2.08 bits per heavy atom. The van der Waals surface area contributed by atoms with Gasteiger partial charge in [0.25, 0.3) is 0 Å². The molecule has 0 amide bonds. The number of benzene rings is 1. The molecular formula is C20H25NO4. The summed E-state index contributed by atoms with van der Waals surface area (Å²) in [6.45, 7) is 3.13. The maximum Gasteiger partial charge on any atom is 0.174 e. The van der Waals surface area contributed by atoms with Crippen LogP contribution in [0.3, 0.4) is 0 Å². The van der Waals surface area contributed by atoms with Crippen molar-refractivity contribution in [1.82, 2.24) is 4.90 Å². The smallest absolute Gasteiger partial charge is 0.174 e. The lowest BCUT2D eigenvalue weighted by molar-refractivity contribution is -0.219. The molecule has 1 saturated carbocycles. The monoisotopic (exact) mass is 343 g/mol. The predicted molar refractivity (Wildman–Crippen MR) is 92.4 cm³/mol. The first-order valence-electron chi connectivity index (χ1n) is 9.16. The molecule has 1 spiro atoms. The number of carbonyl (C=O) groups excluding carboxylic acids is 1. The molecule has 2 fully saturated rings. The number of piperidine rings is 1. The van der Waals surface area contributed by atoms with Crippen LogP contribution < -0.4 is 9.47 Å². The van der Waals surface area contributed by atoms with E-state index in [0.29, 0.717) is 6.42 Å². The highest BCUT2D eigenvalue weighted by atomic mass is 16.5.